The van der Waals surface area contributed by atoms with Gasteiger partial charge in [-0.05, 0) is 30.5 Å². The molecule has 0 aliphatic carbocycles. The van der Waals surface area contributed by atoms with Gasteiger partial charge >= 0.3 is 6.03 Å². The summed E-state index contributed by atoms with van der Waals surface area (Å²) in [7, 11) is 1.58. The van der Waals surface area contributed by atoms with Crippen LogP contribution in [-0.4, -0.2) is 43.0 Å². The van der Waals surface area contributed by atoms with Gasteiger partial charge in [-0.25, -0.2) is 4.79 Å². The Bertz CT molecular complexity index is 609. The number of hydrogen-bond donors (Lipinski definition) is 1. The van der Waals surface area contributed by atoms with E-state index in [-0.39, 0.29) is 13.0 Å². The van der Waals surface area contributed by atoms with Crippen LogP contribution < -0.4 is 14.8 Å². The molecule has 1 saturated heterocycles. The van der Waals surface area contributed by atoms with Crippen molar-refractivity contribution in [1.82, 2.24) is 10.2 Å². The van der Waals surface area contributed by atoms with Crippen molar-refractivity contribution in [3.05, 3.63) is 23.8 Å². The predicted molar refractivity (Wildman–Crippen MR) is 87.0 cm³/mol. The van der Waals surface area contributed by atoms with Crippen molar-refractivity contribution >= 4 is 17.8 Å². The summed E-state index contributed by atoms with van der Waals surface area (Å²) in [6.45, 7) is 2.90. The monoisotopic (exact) mass is 334 g/mol. The molecule has 7 nitrogen and oxygen atoms in total. The van der Waals surface area contributed by atoms with Gasteiger partial charge in [0.05, 0.1) is 13.7 Å². The van der Waals surface area contributed by atoms with Gasteiger partial charge in [-0.1, -0.05) is 19.4 Å². The van der Waals surface area contributed by atoms with E-state index in [1.165, 1.54) is 0 Å². The van der Waals surface area contributed by atoms with Crippen molar-refractivity contribution in [2.24, 2.45) is 0 Å². The molecule has 0 spiro atoms. The van der Waals surface area contributed by atoms with Gasteiger partial charge in [0, 0.05) is 6.54 Å². The van der Waals surface area contributed by atoms with Crippen LogP contribution in [0.5, 0.6) is 11.5 Å². The maximum atomic E-state index is 11.8. The Kier molecular flexibility index (Phi) is 6.17. The highest BCUT2D eigenvalue weighted by Crippen LogP contribution is 2.28. The Morgan fingerprint density at radius 1 is 1.21 bits per heavy atom. The number of ether oxygens (including phenoxy) is 2. The number of amides is 4. The van der Waals surface area contributed by atoms with Gasteiger partial charge in [0.15, 0.2) is 11.5 Å². The van der Waals surface area contributed by atoms with Crippen LogP contribution in [-0.2, 0) is 16.0 Å². The van der Waals surface area contributed by atoms with Crippen LogP contribution in [0.4, 0.5) is 4.79 Å². The van der Waals surface area contributed by atoms with Gasteiger partial charge in [-0.3, -0.25) is 19.8 Å². The smallest absolute Gasteiger partial charge is 0.330 e. The number of nitrogens with one attached hydrogen (secondary N) is 1. The van der Waals surface area contributed by atoms with Gasteiger partial charge in [0.2, 0.25) is 11.8 Å². The molecule has 7 heteroatoms. The fourth-order valence-electron chi connectivity index (χ4n) is 2.36. The lowest BCUT2D eigenvalue weighted by atomic mass is 10.1. The average molecular weight is 334 g/mol. The topological polar surface area (TPSA) is 84.9 Å². The van der Waals surface area contributed by atoms with Crippen LogP contribution in [0.25, 0.3) is 0 Å². The Morgan fingerprint density at radius 3 is 2.67 bits per heavy atom. The zero-order valence-corrected chi connectivity index (χ0v) is 14.0. The highest BCUT2D eigenvalue weighted by Gasteiger charge is 2.30. The number of carbonyl (C=O) groups is 3. The first kappa shape index (κ1) is 17.8. The summed E-state index contributed by atoms with van der Waals surface area (Å²) in [5, 5.41) is 2.14. The zero-order valence-electron chi connectivity index (χ0n) is 14.0. The number of benzene rings is 1. The predicted octanol–water partition coefficient (Wildman–Crippen LogP) is 1.89. The summed E-state index contributed by atoms with van der Waals surface area (Å²) in [5.74, 6) is 0.259. The van der Waals surface area contributed by atoms with Crippen LogP contribution in [0, 0.1) is 0 Å². The van der Waals surface area contributed by atoms with Gasteiger partial charge in [-0.15, -0.1) is 0 Å². The molecule has 0 atom stereocenters. The zero-order chi connectivity index (χ0) is 17.5. The average Bonchev–Trinajstić information content (AvgIpc) is 2.54. The van der Waals surface area contributed by atoms with Gasteiger partial charge in [0.1, 0.15) is 6.42 Å². The molecule has 1 fully saturated rings. The standard InChI is InChI=1S/C17H22N2O5/c1-3-4-9-24-14-10-12(5-6-13(14)23-2)7-8-19-16(21)11-15(20)18-17(19)22/h5-6,10H,3-4,7-9,11H2,1-2H3,(H,18,20,22). The second kappa shape index (κ2) is 8.33. The molecule has 1 aliphatic heterocycles. The van der Waals surface area contributed by atoms with Crippen LogP contribution >= 0.6 is 0 Å². The van der Waals surface area contributed by atoms with Gasteiger partial charge in [0.25, 0.3) is 0 Å². The van der Waals surface area contributed by atoms with E-state index >= 15 is 0 Å². The lowest BCUT2D eigenvalue weighted by Gasteiger charge is -2.24. The first-order chi connectivity index (χ1) is 11.5. The Balaban J connectivity index is 2.01. The van der Waals surface area contributed by atoms with Crippen LogP contribution in [0.3, 0.4) is 0 Å². The second-order valence-corrected chi connectivity index (χ2v) is 5.51. The molecule has 130 valence electrons. The fourth-order valence-corrected chi connectivity index (χ4v) is 2.36. The number of barbiturate groups is 1. The number of imide groups is 2. The van der Waals surface area contributed by atoms with Crippen molar-refractivity contribution < 1.29 is 23.9 Å². The molecule has 1 aliphatic rings. The maximum absolute atomic E-state index is 11.8. The number of urea groups is 1. The van der Waals surface area contributed by atoms with Crippen LogP contribution in [0.2, 0.25) is 0 Å². The lowest BCUT2D eigenvalue weighted by Crippen LogP contribution is -2.53. The summed E-state index contributed by atoms with van der Waals surface area (Å²) in [6.07, 6.45) is 2.16. The number of carbonyl (C=O) groups excluding carboxylic acids is 3. The number of methoxy groups -OCH3 is 1. The van der Waals surface area contributed by atoms with Gasteiger partial charge < -0.3 is 9.47 Å². The van der Waals surface area contributed by atoms with Crippen molar-refractivity contribution in [1.29, 1.82) is 0 Å². The molecule has 1 N–H and O–H groups in total. The third-order valence-corrected chi connectivity index (χ3v) is 3.71. The number of rotatable bonds is 8. The summed E-state index contributed by atoms with van der Waals surface area (Å²) in [5.41, 5.74) is 0.916. The van der Waals surface area contributed by atoms with E-state index in [0.717, 1.165) is 23.3 Å². The van der Waals surface area contributed by atoms with Crippen molar-refractivity contribution in [3.8, 4) is 11.5 Å². The van der Waals surface area contributed by atoms with Crippen molar-refractivity contribution in [2.45, 2.75) is 32.6 Å². The van der Waals surface area contributed by atoms with Crippen LogP contribution in [0.15, 0.2) is 18.2 Å². The molecule has 4 amide bonds. The van der Waals surface area contributed by atoms with E-state index in [0.29, 0.717) is 24.5 Å². The minimum absolute atomic E-state index is 0.207. The molecular formula is C17H22N2O5. The highest BCUT2D eigenvalue weighted by atomic mass is 16.5. The molecule has 0 bridgehead atoms. The largest absolute Gasteiger partial charge is 0.493 e. The van der Waals surface area contributed by atoms with Crippen molar-refractivity contribution in [3.63, 3.8) is 0 Å². The molecule has 2 rings (SSSR count). The minimum Gasteiger partial charge on any atom is -0.493 e. The van der Waals surface area contributed by atoms with E-state index < -0.39 is 17.8 Å². The third kappa shape index (κ3) is 4.47. The number of hydrogen-bond acceptors (Lipinski definition) is 5. The first-order valence-corrected chi connectivity index (χ1v) is 7.99. The van der Waals surface area contributed by atoms with E-state index in [2.05, 4.69) is 12.2 Å². The molecule has 1 aromatic rings. The minimum atomic E-state index is -0.663. The molecule has 1 aromatic carbocycles. The van der Waals surface area contributed by atoms with Crippen LogP contribution in [0.1, 0.15) is 31.7 Å². The second-order valence-electron chi connectivity index (χ2n) is 5.51. The highest BCUT2D eigenvalue weighted by molar-refractivity contribution is 6.14. The SMILES string of the molecule is CCCCOc1cc(CCN2C(=O)CC(=O)NC2=O)ccc1OC. The molecule has 0 unspecified atom stereocenters. The lowest BCUT2D eigenvalue weighted by molar-refractivity contribution is -0.136. The fraction of sp³-hybridized carbons (Fsp3) is 0.471. The number of unbranched alkanes of at least 4 members (excludes halogenated alkanes) is 1. The van der Waals surface area contributed by atoms with E-state index in [4.69, 9.17) is 9.47 Å². The molecule has 1 heterocycles. The summed E-state index contributed by atoms with van der Waals surface area (Å²) < 4.78 is 11.0. The third-order valence-electron chi connectivity index (χ3n) is 3.71. The number of nitrogens with zero attached hydrogens (tertiary/aromatic N) is 1. The summed E-state index contributed by atoms with van der Waals surface area (Å²) >= 11 is 0. The van der Waals surface area contributed by atoms with E-state index in [1.807, 2.05) is 12.1 Å². The van der Waals surface area contributed by atoms with Gasteiger partial charge in [-0.2, -0.15) is 0 Å². The first-order valence-electron chi connectivity index (χ1n) is 7.99. The maximum Gasteiger partial charge on any atom is 0.330 e. The van der Waals surface area contributed by atoms with E-state index in [9.17, 15) is 14.4 Å². The molecular weight excluding hydrogens is 312 g/mol. The quantitative estimate of drug-likeness (QED) is 0.579. The summed E-state index contributed by atoms with van der Waals surface area (Å²) in [6, 6.07) is 4.86. The Hall–Kier alpha value is -2.57. The molecule has 0 saturated carbocycles. The molecule has 0 radical (unpaired) electrons. The Morgan fingerprint density at radius 2 is 2.00 bits per heavy atom. The van der Waals surface area contributed by atoms with E-state index in [1.54, 1.807) is 13.2 Å². The Labute approximate surface area is 140 Å². The van der Waals surface area contributed by atoms with Crippen molar-refractivity contribution in [2.75, 3.05) is 20.3 Å². The molecule has 24 heavy (non-hydrogen) atoms. The molecule has 0 aromatic heterocycles. The normalized spacial score (nSPS) is 14.6. The summed E-state index contributed by atoms with van der Waals surface area (Å²) in [4.78, 5) is 35.7.